The van der Waals surface area contributed by atoms with Crippen LogP contribution in [-0.2, 0) is 12.5 Å². The number of nitrogens with one attached hydrogen (secondary N) is 1. The van der Waals surface area contributed by atoms with Crippen molar-refractivity contribution in [2.24, 2.45) is 7.05 Å². The number of hydrogen-bond acceptors (Lipinski definition) is 4. The summed E-state index contributed by atoms with van der Waals surface area (Å²) >= 11 is 0. The summed E-state index contributed by atoms with van der Waals surface area (Å²) in [5.74, 6) is 1.76. The predicted octanol–water partition coefficient (Wildman–Crippen LogP) is 3.88. The quantitative estimate of drug-likeness (QED) is 0.780. The van der Waals surface area contributed by atoms with Gasteiger partial charge in [-0.2, -0.15) is 5.26 Å². The highest BCUT2D eigenvalue weighted by Gasteiger charge is 2.21. The Labute approximate surface area is 135 Å². The van der Waals surface area contributed by atoms with Gasteiger partial charge in [0.25, 0.3) is 0 Å². The van der Waals surface area contributed by atoms with Crippen LogP contribution in [0.5, 0.6) is 0 Å². The van der Waals surface area contributed by atoms with Crippen molar-refractivity contribution < 1.29 is 0 Å². The SMILES string of the molecule is Cn1c(C(C)(C)C)nc2cc(Nc3ccc(C#N)cn3)ccc21. The lowest BCUT2D eigenvalue weighted by atomic mass is 9.96. The molecule has 0 spiro atoms. The zero-order valence-corrected chi connectivity index (χ0v) is 13.8. The van der Waals surface area contributed by atoms with Crippen LogP contribution in [0.3, 0.4) is 0 Å². The molecule has 0 aliphatic rings. The molecule has 5 heteroatoms. The molecule has 1 aromatic carbocycles. The van der Waals surface area contributed by atoms with Crippen LogP contribution in [-0.4, -0.2) is 14.5 Å². The van der Waals surface area contributed by atoms with E-state index < -0.39 is 0 Å². The Morgan fingerprint density at radius 1 is 1.17 bits per heavy atom. The van der Waals surface area contributed by atoms with Crippen LogP contribution in [0, 0.1) is 11.3 Å². The minimum absolute atomic E-state index is 0.00393. The van der Waals surface area contributed by atoms with E-state index in [1.54, 1.807) is 18.3 Å². The van der Waals surface area contributed by atoms with Crippen molar-refractivity contribution in [3.8, 4) is 6.07 Å². The van der Waals surface area contributed by atoms with Gasteiger partial charge in [0, 0.05) is 24.3 Å². The standard InChI is InChI=1S/C18H19N5/c1-18(2,3)17-22-14-9-13(6-7-15(14)23(17)4)21-16-8-5-12(10-19)11-20-16/h5-9,11H,1-4H3,(H,20,21). The Morgan fingerprint density at radius 3 is 2.57 bits per heavy atom. The molecule has 3 aromatic rings. The fourth-order valence-corrected chi connectivity index (χ4v) is 2.63. The van der Waals surface area contributed by atoms with Gasteiger partial charge in [0.1, 0.15) is 17.7 Å². The first-order valence-corrected chi connectivity index (χ1v) is 7.48. The van der Waals surface area contributed by atoms with Crippen LogP contribution in [0.25, 0.3) is 11.0 Å². The normalized spacial score (nSPS) is 11.4. The first-order valence-electron chi connectivity index (χ1n) is 7.48. The van der Waals surface area contributed by atoms with Gasteiger partial charge in [-0.25, -0.2) is 9.97 Å². The zero-order valence-electron chi connectivity index (χ0n) is 13.8. The molecular weight excluding hydrogens is 286 g/mol. The fourth-order valence-electron chi connectivity index (χ4n) is 2.63. The molecule has 0 aliphatic heterocycles. The van der Waals surface area contributed by atoms with Crippen LogP contribution in [0.2, 0.25) is 0 Å². The molecule has 2 heterocycles. The summed E-state index contributed by atoms with van der Waals surface area (Å²) in [6, 6.07) is 11.7. The minimum atomic E-state index is -0.00393. The van der Waals surface area contributed by atoms with Gasteiger partial charge in [0.15, 0.2) is 0 Å². The van der Waals surface area contributed by atoms with E-state index in [-0.39, 0.29) is 5.41 Å². The zero-order chi connectivity index (χ0) is 16.6. The fraction of sp³-hybridized carbons (Fsp3) is 0.278. The molecule has 23 heavy (non-hydrogen) atoms. The second-order valence-corrected chi connectivity index (χ2v) is 6.62. The smallest absolute Gasteiger partial charge is 0.130 e. The monoisotopic (exact) mass is 305 g/mol. The number of aromatic nitrogens is 3. The summed E-state index contributed by atoms with van der Waals surface area (Å²) in [6.07, 6.45) is 1.55. The van der Waals surface area contributed by atoms with Crippen molar-refractivity contribution in [2.75, 3.05) is 5.32 Å². The van der Waals surface area contributed by atoms with Gasteiger partial charge >= 0.3 is 0 Å². The Hall–Kier alpha value is -2.87. The number of fused-ring (bicyclic) bond motifs is 1. The maximum absolute atomic E-state index is 8.81. The number of pyridine rings is 1. The summed E-state index contributed by atoms with van der Waals surface area (Å²) in [7, 11) is 2.05. The van der Waals surface area contributed by atoms with Crippen LogP contribution in [0.15, 0.2) is 36.5 Å². The molecule has 0 saturated heterocycles. The highest BCUT2D eigenvalue weighted by atomic mass is 15.1. The molecule has 116 valence electrons. The van der Waals surface area contributed by atoms with Crippen LogP contribution in [0.4, 0.5) is 11.5 Å². The predicted molar refractivity (Wildman–Crippen MR) is 91.6 cm³/mol. The van der Waals surface area contributed by atoms with Gasteiger partial charge in [-0.05, 0) is 30.3 Å². The van der Waals surface area contributed by atoms with Crippen LogP contribution >= 0.6 is 0 Å². The third kappa shape index (κ3) is 2.88. The molecule has 0 radical (unpaired) electrons. The molecule has 0 fully saturated rings. The largest absolute Gasteiger partial charge is 0.340 e. The van der Waals surface area contributed by atoms with Crippen molar-refractivity contribution in [3.63, 3.8) is 0 Å². The Kier molecular flexibility index (Phi) is 3.53. The third-order valence-corrected chi connectivity index (χ3v) is 3.72. The van der Waals surface area contributed by atoms with Gasteiger partial charge in [-0.3, -0.25) is 0 Å². The van der Waals surface area contributed by atoms with Gasteiger partial charge in [-0.15, -0.1) is 0 Å². The molecular formula is C18H19N5. The molecule has 1 N–H and O–H groups in total. The number of nitrogens with zero attached hydrogens (tertiary/aromatic N) is 4. The van der Waals surface area contributed by atoms with Crippen molar-refractivity contribution in [3.05, 3.63) is 47.9 Å². The molecule has 0 bridgehead atoms. The highest BCUT2D eigenvalue weighted by Crippen LogP contribution is 2.27. The summed E-state index contributed by atoms with van der Waals surface area (Å²) in [6.45, 7) is 6.48. The van der Waals surface area contributed by atoms with E-state index >= 15 is 0 Å². The van der Waals surface area contributed by atoms with E-state index in [4.69, 9.17) is 10.2 Å². The average molecular weight is 305 g/mol. The Bertz CT molecular complexity index is 892. The second-order valence-electron chi connectivity index (χ2n) is 6.62. The second kappa shape index (κ2) is 5.40. The molecule has 0 aliphatic carbocycles. The Balaban J connectivity index is 1.95. The molecule has 2 aromatic heterocycles. The highest BCUT2D eigenvalue weighted by molar-refractivity contribution is 5.81. The van der Waals surface area contributed by atoms with E-state index in [1.807, 2.05) is 19.2 Å². The van der Waals surface area contributed by atoms with Gasteiger partial charge < -0.3 is 9.88 Å². The lowest BCUT2D eigenvalue weighted by molar-refractivity contribution is 0.526. The first kappa shape index (κ1) is 15.0. The van der Waals surface area contributed by atoms with Crippen LogP contribution in [0.1, 0.15) is 32.2 Å². The minimum Gasteiger partial charge on any atom is -0.340 e. The van der Waals surface area contributed by atoms with Gasteiger partial charge in [0.2, 0.25) is 0 Å². The number of nitriles is 1. The summed E-state index contributed by atoms with van der Waals surface area (Å²) in [5, 5.41) is 12.1. The van der Waals surface area contributed by atoms with E-state index in [0.717, 1.165) is 22.5 Å². The number of benzene rings is 1. The van der Waals surface area contributed by atoms with E-state index in [9.17, 15) is 0 Å². The van der Waals surface area contributed by atoms with E-state index in [2.05, 4.69) is 47.8 Å². The molecule has 5 nitrogen and oxygen atoms in total. The third-order valence-electron chi connectivity index (χ3n) is 3.72. The van der Waals surface area contributed by atoms with Gasteiger partial charge in [0.05, 0.1) is 16.6 Å². The number of hydrogen-bond donors (Lipinski definition) is 1. The van der Waals surface area contributed by atoms with Crippen molar-refractivity contribution in [1.82, 2.24) is 14.5 Å². The summed E-state index contributed by atoms with van der Waals surface area (Å²) in [5.41, 5.74) is 3.53. The number of aryl methyl sites for hydroxylation is 1. The molecule has 0 amide bonds. The average Bonchev–Trinajstić information content (AvgIpc) is 2.85. The summed E-state index contributed by atoms with van der Waals surface area (Å²) < 4.78 is 2.14. The topological polar surface area (TPSA) is 66.5 Å². The number of anilines is 2. The van der Waals surface area contributed by atoms with Crippen LogP contribution < -0.4 is 5.32 Å². The first-order chi connectivity index (χ1) is 10.9. The molecule has 0 atom stereocenters. The maximum atomic E-state index is 8.81. The van der Waals surface area contributed by atoms with E-state index in [1.165, 1.54) is 0 Å². The van der Waals surface area contributed by atoms with Gasteiger partial charge in [-0.1, -0.05) is 20.8 Å². The van der Waals surface area contributed by atoms with Crippen molar-refractivity contribution >= 4 is 22.5 Å². The summed E-state index contributed by atoms with van der Waals surface area (Å²) in [4.78, 5) is 9.00. The number of imidazole rings is 1. The van der Waals surface area contributed by atoms with Crippen molar-refractivity contribution in [1.29, 1.82) is 5.26 Å². The number of rotatable bonds is 2. The maximum Gasteiger partial charge on any atom is 0.130 e. The molecule has 0 unspecified atom stereocenters. The molecule has 0 saturated carbocycles. The van der Waals surface area contributed by atoms with E-state index in [0.29, 0.717) is 11.4 Å². The molecule has 3 rings (SSSR count). The Morgan fingerprint density at radius 2 is 1.96 bits per heavy atom. The van der Waals surface area contributed by atoms with Crippen molar-refractivity contribution in [2.45, 2.75) is 26.2 Å². The lowest BCUT2D eigenvalue weighted by Crippen LogP contribution is -2.17. The lowest BCUT2D eigenvalue weighted by Gasteiger charge is -2.17.